The van der Waals surface area contributed by atoms with Crippen LogP contribution in [0.5, 0.6) is 0 Å². The quantitative estimate of drug-likeness (QED) is 0.856. The SMILES string of the molecule is CCSC1CCC(NC(c2ccccc2)C(F)(F)F)C1. The molecular formula is C15H20F3NS. The highest BCUT2D eigenvalue weighted by Crippen LogP contribution is 2.36. The van der Waals surface area contributed by atoms with Gasteiger partial charge in [-0.2, -0.15) is 24.9 Å². The van der Waals surface area contributed by atoms with Gasteiger partial charge in [0.15, 0.2) is 0 Å². The van der Waals surface area contributed by atoms with Crippen molar-refractivity contribution in [1.82, 2.24) is 5.32 Å². The second-order valence-electron chi connectivity index (χ2n) is 5.14. The third-order valence-corrected chi connectivity index (χ3v) is 4.88. The van der Waals surface area contributed by atoms with Crippen LogP contribution in [-0.2, 0) is 0 Å². The molecule has 20 heavy (non-hydrogen) atoms. The van der Waals surface area contributed by atoms with Crippen molar-refractivity contribution in [1.29, 1.82) is 0 Å². The first-order valence-corrected chi connectivity index (χ1v) is 8.05. The molecule has 0 aliphatic heterocycles. The van der Waals surface area contributed by atoms with E-state index in [1.807, 2.05) is 11.8 Å². The van der Waals surface area contributed by atoms with Gasteiger partial charge in [-0.05, 0) is 30.6 Å². The van der Waals surface area contributed by atoms with Crippen LogP contribution < -0.4 is 5.32 Å². The van der Waals surface area contributed by atoms with Crippen LogP contribution in [-0.4, -0.2) is 23.2 Å². The summed E-state index contributed by atoms with van der Waals surface area (Å²) in [4.78, 5) is 0. The first-order valence-electron chi connectivity index (χ1n) is 7.00. The van der Waals surface area contributed by atoms with Gasteiger partial charge in [-0.1, -0.05) is 37.3 Å². The third kappa shape index (κ3) is 4.16. The molecule has 0 radical (unpaired) electrons. The Morgan fingerprint density at radius 2 is 1.95 bits per heavy atom. The van der Waals surface area contributed by atoms with Gasteiger partial charge in [0.2, 0.25) is 0 Å². The van der Waals surface area contributed by atoms with Crippen LogP contribution in [0.1, 0.15) is 37.8 Å². The predicted molar refractivity (Wildman–Crippen MR) is 77.9 cm³/mol. The van der Waals surface area contributed by atoms with Gasteiger partial charge >= 0.3 is 6.18 Å². The lowest BCUT2D eigenvalue weighted by Gasteiger charge is -2.25. The fourth-order valence-electron chi connectivity index (χ4n) is 2.74. The predicted octanol–water partition coefficient (Wildman–Crippen LogP) is 4.55. The van der Waals surface area contributed by atoms with Gasteiger partial charge in [0.05, 0.1) is 0 Å². The van der Waals surface area contributed by atoms with E-state index in [4.69, 9.17) is 0 Å². The van der Waals surface area contributed by atoms with E-state index in [0.29, 0.717) is 10.8 Å². The van der Waals surface area contributed by atoms with Crippen molar-refractivity contribution in [3.8, 4) is 0 Å². The molecular weight excluding hydrogens is 283 g/mol. The molecule has 1 fully saturated rings. The van der Waals surface area contributed by atoms with Crippen LogP contribution in [0, 0.1) is 0 Å². The highest BCUT2D eigenvalue weighted by Gasteiger charge is 2.42. The van der Waals surface area contributed by atoms with Crippen molar-refractivity contribution in [2.45, 2.75) is 49.7 Å². The lowest BCUT2D eigenvalue weighted by atomic mass is 10.0. The Balaban J connectivity index is 2.03. The molecule has 1 aliphatic rings. The summed E-state index contributed by atoms with van der Waals surface area (Å²) >= 11 is 1.85. The van der Waals surface area contributed by atoms with Gasteiger partial charge in [-0.3, -0.25) is 5.32 Å². The number of hydrogen-bond donors (Lipinski definition) is 1. The molecule has 0 heterocycles. The normalized spacial score (nSPS) is 24.8. The van der Waals surface area contributed by atoms with Gasteiger partial charge in [-0.25, -0.2) is 0 Å². The minimum absolute atomic E-state index is 0.0362. The van der Waals surface area contributed by atoms with Crippen LogP contribution in [0.2, 0.25) is 0 Å². The Morgan fingerprint density at radius 3 is 2.55 bits per heavy atom. The van der Waals surface area contributed by atoms with Crippen LogP contribution in [0.4, 0.5) is 13.2 Å². The van der Waals surface area contributed by atoms with Crippen LogP contribution in [0.15, 0.2) is 30.3 Å². The molecule has 2 rings (SSSR count). The lowest BCUT2D eigenvalue weighted by molar-refractivity contribution is -0.159. The molecule has 5 heteroatoms. The summed E-state index contributed by atoms with van der Waals surface area (Å²) in [7, 11) is 0. The zero-order valence-electron chi connectivity index (χ0n) is 11.5. The van der Waals surface area contributed by atoms with E-state index in [0.717, 1.165) is 25.0 Å². The first kappa shape index (κ1) is 15.7. The number of halogens is 3. The fraction of sp³-hybridized carbons (Fsp3) is 0.600. The van der Waals surface area contributed by atoms with Gasteiger partial charge in [0.25, 0.3) is 0 Å². The molecule has 1 aromatic carbocycles. The smallest absolute Gasteiger partial charge is 0.300 e. The second kappa shape index (κ2) is 6.85. The lowest BCUT2D eigenvalue weighted by Crippen LogP contribution is -2.39. The monoisotopic (exact) mass is 303 g/mol. The largest absolute Gasteiger partial charge is 0.407 e. The zero-order valence-corrected chi connectivity index (χ0v) is 12.3. The Labute approximate surface area is 122 Å². The number of thioether (sulfide) groups is 1. The van der Waals surface area contributed by atoms with Gasteiger partial charge in [0, 0.05) is 11.3 Å². The van der Waals surface area contributed by atoms with E-state index in [2.05, 4.69) is 12.2 Å². The molecule has 3 unspecified atom stereocenters. The molecule has 0 aromatic heterocycles. The van der Waals surface area contributed by atoms with Crippen LogP contribution >= 0.6 is 11.8 Å². The van der Waals surface area contributed by atoms with Crippen LogP contribution in [0.25, 0.3) is 0 Å². The van der Waals surface area contributed by atoms with E-state index in [1.54, 1.807) is 30.3 Å². The van der Waals surface area contributed by atoms with Crippen molar-refractivity contribution in [3.05, 3.63) is 35.9 Å². The molecule has 0 amide bonds. The van der Waals surface area contributed by atoms with Crippen molar-refractivity contribution in [2.24, 2.45) is 0 Å². The summed E-state index contributed by atoms with van der Waals surface area (Å²) in [6.45, 7) is 2.09. The molecule has 1 aliphatic carbocycles. The van der Waals surface area contributed by atoms with Crippen molar-refractivity contribution < 1.29 is 13.2 Å². The van der Waals surface area contributed by atoms with E-state index in [-0.39, 0.29) is 6.04 Å². The Morgan fingerprint density at radius 1 is 1.25 bits per heavy atom. The topological polar surface area (TPSA) is 12.0 Å². The summed E-state index contributed by atoms with van der Waals surface area (Å²) in [6, 6.07) is 6.53. The molecule has 3 atom stereocenters. The average Bonchev–Trinajstić information content (AvgIpc) is 2.84. The summed E-state index contributed by atoms with van der Waals surface area (Å²) in [5.41, 5.74) is 0.298. The maximum atomic E-state index is 13.2. The van der Waals surface area contributed by atoms with E-state index >= 15 is 0 Å². The fourth-order valence-corrected chi connectivity index (χ4v) is 3.88. The van der Waals surface area contributed by atoms with E-state index in [9.17, 15) is 13.2 Å². The molecule has 1 N–H and O–H groups in total. The van der Waals surface area contributed by atoms with Crippen molar-refractivity contribution in [3.63, 3.8) is 0 Å². The number of alkyl halides is 3. The molecule has 1 saturated carbocycles. The van der Waals surface area contributed by atoms with E-state index < -0.39 is 12.2 Å². The minimum Gasteiger partial charge on any atom is -0.300 e. The van der Waals surface area contributed by atoms with E-state index in [1.165, 1.54) is 0 Å². The highest BCUT2D eigenvalue weighted by molar-refractivity contribution is 7.99. The Kier molecular flexibility index (Phi) is 5.38. The molecule has 1 aromatic rings. The summed E-state index contributed by atoms with van der Waals surface area (Å²) in [5.74, 6) is 1.03. The molecule has 0 spiro atoms. The van der Waals surface area contributed by atoms with Gasteiger partial charge < -0.3 is 0 Å². The summed E-state index contributed by atoms with van der Waals surface area (Å²) < 4.78 is 39.7. The summed E-state index contributed by atoms with van der Waals surface area (Å²) in [5, 5.41) is 3.32. The second-order valence-corrected chi connectivity index (χ2v) is 6.72. The zero-order chi connectivity index (χ0) is 14.6. The van der Waals surface area contributed by atoms with Gasteiger partial charge in [-0.15, -0.1) is 0 Å². The Hall–Kier alpha value is -0.680. The molecule has 112 valence electrons. The highest BCUT2D eigenvalue weighted by atomic mass is 32.2. The molecule has 1 nitrogen and oxygen atoms in total. The third-order valence-electron chi connectivity index (χ3n) is 3.65. The summed E-state index contributed by atoms with van der Waals surface area (Å²) in [6.07, 6.45) is -1.58. The number of hydrogen-bond acceptors (Lipinski definition) is 2. The number of benzene rings is 1. The van der Waals surface area contributed by atoms with Crippen molar-refractivity contribution in [2.75, 3.05) is 5.75 Å². The number of rotatable bonds is 5. The molecule has 0 bridgehead atoms. The van der Waals surface area contributed by atoms with Crippen LogP contribution in [0.3, 0.4) is 0 Å². The average molecular weight is 303 g/mol. The number of nitrogens with one attached hydrogen (secondary N) is 1. The molecule has 0 saturated heterocycles. The maximum Gasteiger partial charge on any atom is 0.407 e. The standard InChI is InChI=1S/C15H20F3NS/c1-2-20-13-9-8-12(10-13)19-14(15(16,17)18)11-6-4-3-5-7-11/h3-7,12-14,19H,2,8-10H2,1H3. The van der Waals surface area contributed by atoms with Crippen molar-refractivity contribution >= 4 is 11.8 Å². The van der Waals surface area contributed by atoms with Gasteiger partial charge in [0.1, 0.15) is 6.04 Å². The maximum absolute atomic E-state index is 13.2. The Bertz CT molecular complexity index is 407. The first-order chi connectivity index (χ1) is 9.50. The minimum atomic E-state index is -4.25.